The van der Waals surface area contributed by atoms with Gasteiger partial charge in [-0.15, -0.1) is 0 Å². The minimum absolute atomic E-state index is 0.0143. The number of hydrogen-bond acceptors (Lipinski definition) is 4. The molecule has 2 N–H and O–H groups in total. The van der Waals surface area contributed by atoms with Crippen molar-refractivity contribution >= 4 is 15.9 Å². The van der Waals surface area contributed by atoms with E-state index in [-0.39, 0.29) is 29.0 Å². The molecule has 0 saturated carbocycles. The van der Waals surface area contributed by atoms with E-state index in [0.717, 1.165) is 11.1 Å². The number of benzene rings is 2. The molecule has 1 amide bonds. The molecule has 0 aromatic heterocycles. The van der Waals surface area contributed by atoms with Crippen LogP contribution in [0.4, 0.5) is 0 Å². The highest BCUT2D eigenvalue weighted by molar-refractivity contribution is 7.89. The Hall–Kier alpha value is -2.38. The molecule has 2 aromatic carbocycles. The number of carbonyl (C=O) groups excluding carboxylic acids is 1. The van der Waals surface area contributed by atoms with E-state index in [1.807, 2.05) is 44.2 Å². The molecule has 0 spiro atoms. The first-order valence-electron chi connectivity index (χ1n) is 8.74. The number of methoxy groups -OCH3 is 1. The summed E-state index contributed by atoms with van der Waals surface area (Å²) in [7, 11) is -2.55. The van der Waals surface area contributed by atoms with Gasteiger partial charge >= 0.3 is 0 Å². The number of sulfonamides is 1. The van der Waals surface area contributed by atoms with E-state index in [1.54, 1.807) is 19.1 Å². The van der Waals surface area contributed by atoms with Gasteiger partial charge in [0.1, 0.15) is 16.7 Å². The SMILES string of the molecule is COc1ccc(C)cc1S(=O)(=O)NC(Cc1ccccc1)C(=O)NC(C)C. The third kappa shape index (κ3) is 5.80. The third-order valence-electron chi connectivity index (χ3n) is 3.94. The molecular weight excluding hydrogens is 364 g/mol. The smallest absolute Gasteiger partial charge is 0.244 e. The standard InChI is InChI=1S/C20H26N2O4S/c1-14(2)21-20(23)17(13-16-8-6-5-7-9-16)22-27(24,25)19-12-15(3)10-11-18(19)26-4/h5-12,14,17,22H,13H2,1-4H3,(H,21,23). The lowest BCUT2D eigenvalue weighted by Crippen LogP contribution is -2.49. The van der Waals surface area contributed by atoms with Gasteiger partial charge in [-0.25, -0.2) is 8.42 Å². The summed E-state index contributed by atoms with van der Waals surface area (Å²) in [6.45, 7) is 5.45. The van der Waals surface area contributed by atoms with E-state index in [1.165, 1.54) is 13.2 Å². The normalized spacial score (nSPS) is 12.6. The van der Waals surface area contributed by atoms with E-state index >= 15 is 0 Å². The molecule has 0 aliphatic carbocycles. The van der Waals surface area contributed by atoms with Gasteiger partial charge in [0.05, 0.1) is 7.11 Å². The van der Waals surface area contributed by atoms with Crippen LogP contribution in [0.3, 0.4) is 0 Å². The zero-order chi connectivity index (χ0) is 20.0. The summed E-state index contributed by atoms with van der Waals surface area (Å²) >= 11 is 0. The molecule has 0 heterocycles. The largest absolute Gasteiger partial charge is 0.495 e. The fraction of sp³-hybridized carbons (Fsp3) is 0.350. The predicted molar refractivity (Wildman–Crippen MR) is 105 cm³/mol. The van der Waals surface area contributed by atoms with E-state index in [4.69, 9.17) is 4.74 Å². The topological polar surface area (TPSA) is 84.5 Å². The maximum atomic E-state index is 13.0. The van der Waals surface area contributed by atoms with Crippen LogP contribution in [-0.2, 0) is 21.2 Å². The Morgan fingerprint density at radius 1 is 1.11 bits per heavy atom. The van der Waals surface area contributed by atoms with E-state index in [0.29, 0.717) is 0 Å². The molecule has 0 bridgehead atoms. The van der Waals surface area contributed by atoms with E-state index < -0.39 is 16.1 Å². The van der Waals surface area contributed by atoms with Gasteiger partial charge in [0, 0.05) is 6.04 Å². The summed E-state index contributed by atoms with van der Waals surface area (Å²) in [4.78, 5) is 12.6. The maximum Gasteiger partial charge on any atom is 0.244 e. The van der Waals surface area contributed by atoms with Crippen LogP contribution in [-0.4, -0.2) is 33.5 Å². The van der Waals surface area contributed by atoms with Crippen LogP contribution in [0, 0.1) is 6.92 Å². The van der Waals surface area contributed by atoms with Crippen LogP contribution >= 0.6 is 0 Å². The van der Waals surface area contributed by atoms with Gasteiger partial charge in [0.25, 0.3) is 0 Å². The number of ether oxygens (including phenoxy) is 1. The Labute approximate surface area is 161 Å². The van der Waals surface area contributed by atoms with Crippen molar-refractivity contribution < 1.29 is 17.9 Å². The Morgan fingerprint density at radius 3 is 2.37 bits per heavy atom. The number of rotatable bonds is 8. The second kappa shape index (κ2) is 9.01. The van der Waals surface area contributed by atoms with Crippen molar-refractivity contribution in [3.8, 4) is 5.75 Å². The number of aryl methyl sites for hydroxylation is 1. The van der Waals surface area contributed by atoms with Gasteiger partial charge in [0.15, 0.2) is 0 Å². The first-order chi connectivity index (χ1) is 12.7. The fourth-order valence-corrected chi connectivity index (χ4v) is 4.12. The molecule has 0 aliphatic rings. The average molecular weight is 391 g/mol. The summed E-state index contributed by atoms with van der Waals surface area (Å²) in [5, 5.41) is 2.78. The molecule has 7 heteroatoms. The van der Waals surface area contributed by atoms with Crippen LogP contribution in [0.2, 0.25) is 0 Å². The van der Waals surface area contributed by atoms with Crippen molar-refractivity contribution in [3.63, 3.8) is 0 Å². The molecule has 2 aromatic rings. The van der Waals surface area contributed by atoms with Crippen molar-refractivity contribution in [3.05, 3.63) is 59.7 Å². The molecule has 6 nitrogen and oxygen atoms in total. The summed E-state index contributed by atoms with van der Waals surface area (Å²) in [5.74, 6) is -0.139. The van der Waals surface area contributed by atoms with Crippen LogP contribution in [0.5, 0.6) is 5.75 Å². The summed E-state index contributed by atoms with van der Waals surface area (Å²) in [5.41, 5.74) is 1.64. The zero-order valence-electron chi connectivity index (χ0n) is 16.0. The quantitative estimate of drug-likeness (QED) is 0.725. The Balaban J connectivity index is 2.35. The van der Waals surface area contributed by atoms with Crippen LogP contribution < -0.4 is 14.8 Å². The second-order valence-electron chi connectivity index (χ2n) is 6.68. The highest BCUT2D eigenvalue weighted by Crippen LogP contribution is 2.25. The molecule has 27 heavy (non-hydrogen) atoms. The zero-order valence-corrected chi connectivity index (χ0v) is 16.8. The monoisotopic (exact) mass is 390 g/mol. The van der Waals surface area contributed by atoms with Gasteiger partial charge in [-0.2, -0.15) is 4.72 Å². The lowest BCUT2D eigenvalue weighted by atomic mass is 10.1. The van der Waals surface area contributed by atoms with Gasteiger partial charge in [0.2, 0.25) is 15.9 Å². The maximum absolute atomic E-state index is 13.0. The predicted octanol–water partition coefficient (Wildman–Crippen LogP) is 2.42. The Morgan fingerprint density at radius 2 is 1.78 bits per heavy atom. The van der Waals surface area contributed by atoms with Gasteiger partial charge in [-0.3, -0.25) is 4.79 Å². The van der Waals surface area contributed by atoms with E-state index in [2.05, 4.69) is 10.0 Å². The van der Waals surface area contributed by atoms with Crippen molar-refractivity contribution in [2.75, 3.05) is 7.11 Å². The lowest BCUT2D eigenvalue weighted by molar-refractivity contribution is -0.123. The number of amides is 1. The highest BCUT2D eigenvalue weighted by atomic mass is 32.2. The molecule has 0 saturated heterocycles. The first-order valence-corrected chi connectivity index (χ1v) is 10.2. The molecule has 0 fully saturated rings. The minimum Gasteiger partial charge on any atom is -0.495 e. The third-order valence-corrected chi connectivity index (χ3v) is 5.43. The fourth-order valence-electron chi connectivity index (χ4n) is 2.67. The first kappa shape index (κ1) is 20.9. The minimum atomic E-state index is -3.96. The highest BCUT2D eigenvalue weighted by Gasteiger charge is 2.28. The summed E-state index contributed by atoms with van der Waals surface area (Å²) in [6.07, 6.45) is 0.243. The number of nitrogens with one attached hydrogen (secondary N) is 2. The summed E-state index contributed by atoms with van der Waals surface area (Å²) < 4.78 is 33.7. The van der Waals surface area contributed by atoms with Gasteiger partial charge in [-0.05, 0) is 50.5 Å². The Kier molecular flexibility index (Phi) is 6.98. The molecule has 0 radical (unpaired) electrons. The van der Waals surface area contributed by atoms with Crippen LogP contribution in [0.15, 0.2) is 53.4 Å². The van der Waals surface area contributed by atoms with Crippen molar-refractivity contribution in [2.45, 2.75) is 44.2 Å². The van der Waals surface area contributed by atoms with Crippen molar-refractivity contribution in [1.29, 1.82) is 0 Å². The molecule has 1 atom stereocenters. The van der Waals surface area contributed by atoms with E-state index in [9.17, 15) is 13.2 Å². The van der Waals surface area contributed by atoms with Crippen molar-refractivity contribution in [1.82, 2.24) is 10.0 Å². The Bertz CT molecular complexity index is 880. The van der Waals surface area contributed by atoms with Gasteiger partial charge in [-0.1, -0.05) is 36.4 Å². The lowest BCUT2D eigenvalue weighted by Gasteiger charge is -2.21. The average Bonchev–Trinajstić information content (AvgIpc) is 2.61. The number of carbonyl (C=O) groups is 1. The van der Waals surface area contributed by atoms with Crippen LogP contribution in [0.25, 0.3) is 0 Å². The molecule has 0 aliphatic heterocycles. The van der Waals surface area contributed by atoms with Gasteiger partial charge < -0.3 is 10.1 Å². The molecule has 1 unspecified atom stereocenters. The number of hydrogen-bond donors (Lipinski definition) is 2. The molecule has 146 valence electrons. The summed E-state index contributed by atoms with van der Waals surface area (Å²) in [6, 6.07) is 13.1. The van der Waals surface area contributed by atoms with Crippen molar-refractivity contribution in [2.24, 2.45) is 0 Å². The molecule has 2 rings (SSSR count). The second-order valence-corrected chi connectivity index (χ2v) is 8.36. The molecular formula is C20H26N2O4S. The van der Waals surface area contributed by atoms with Crippen LogP contribution in [0.1, 0.15) is 25.0 Å².